The quantitative estimate of drug-likeness (QED) is 0.773. The monoisotopic (exact) mass is 295 g/mol. The molecule has 2 unspecified atom stereocenters. The second kappa shape index (κ2) is 5.28. The summed E-state index contributed by atoms with van der Waals surface area (Å²) in [5.41, 5.74) is 1.86. The summed E-state index contributed by atoms with van der Waals surface area (Å²) >= 11 is 6.03. The second-order valence-electron chi connectivity index (χ2n) is 6.13. The van der Waals surface area contributed by atoms with E-state index in [2.05, 4.69) is 20.8 Å². The zero-order valence-electron chi connectivity index (χ0n) is 12.7. The number of nitrogens with zero attached hydrogens (tertiary/aromatic N) is 1. The number of alkyl halides is 1. The number of ether oxygens (including phenoxy) is 1. The van der Waals surface area contributed by atoms with Crippen molar-refractivity contribution in [1.29, 1.82) is 0 Å². The molecule has 0 radical (unpaired) electrons. The smallest absolute Gasteiger partial charge is 0.245 e. The van der Waals surface area contributed by atoms with Crippen molar-refractivity contribution in [1.82, 2.24) is 0 Å². The van der Waals surface area contributed by atoms with Crippen LogP contribution in [0.1, 0.15) is 45.6 Å². The Bertz CT molecular complexity index is 525. The van der Waals surface area contributed by atoms with Gasteiger partial charge in [-0.15, -0.1) is 11.6 Å². The number of halogens is 1. The highest BCUT2D eigenvalue weighted by Gasteiger charge is 2.41. The lowest BCUT2D eigenvalue weighted by molar-refractivity contribution is -0.119. The number of benzene rings is 1. The Balaban J connectivity index is 2.57. The van der Waals surface area contributed by atoms with Crippen LogP contribution in [0.2, 0.25) is 0 Å². The number of amides is 1. The Morgan fingerprint density at radius 3 is 2.70 bits per heavy atom. The molecular weight excluding hydrogens is 274 g/mol. The molecule has 2 rings (SSSR count). The molecule has 1 aromatic carbocycles. The van der Waals surface area contributed by atoms with Crippen LogP contribution in [0.25, 0.3) is 0 Å². The molecule has 0 saturated carbocycles. The molecule has 1 aliphatic heterocycles. The van der Waals surface area contributed by atoms with Gasteiger partial charge in [0, 0.05) is 11.2 Å². The molecule has 0 N–H and O–H groups in total. The van der Waals surface area contributed by atoms with Gasteiger partial charge in [-0.3, -0.25) is 4.79 Å². The van der Waals surface area contributed by atoms with Gasteiger partial charge in [-0.1, -0.05) is 6.92 Å². The summed E-state index contributed by atoms with van der Waals surface area (Å²) < 4.78 is 5.29. The van der Waals surface area contributed by atoms with Crippen LogP contribution in [0, 0.1) is 0 Å². The maximum Gasteiger partial charge on any atom is 0.245 e. The van der Waals surface area contributed by atoms with E-state index in [1.54, 1.807) is 14.0 Å². The molecule has 0 saturated heterocycles. The largest absolute Gasteiger partial charge is 0.497 e. The Morgan fingerprint density at radius 1 is 1.50 bits per heavy atom. The average molecular weight is 296 g/mol. The zero-order valence-corrected chi connectivity index (χ0v) is 13.5. The maximum atomic E-state index is 12.5. The van der Waals surface area contributed by atoms with Gasteiger partial charge in [-0.2, -0.15) is 0 Å². The fourth-order valence-corrected chi connectivity index (χ4v) is 3.23. The standard InChI is InChI=1S/C16H22ClNO2/c1-10-9-16(3,4)18(15(19)11(2)17)14-7-6-12(20-5)8-13(10)14/h6-8,10-11H,9H2,1-5H3. The van der Waals surface area contributed by atoms with E-state index in [4.69, 9.17) is 16.3 Å². The number of fused-ring (bicyclic) bond motifs is 1. The molecule has 0 fully saturated rings. The highest BCUT2D eigenvalue weighted by atomic mass is 35.5. The van der Waals surface area contributed by atoms with Crippen LogP contribution >= 0.6 is 11.6 Å². The van der Waals surface area contributed by atoms with Crippen LogP contribution in [0.4, 0.5) is 5.69 Å². The first-order chi connectivity index (χ1) is 9.27. The third-order valence-electron chi connectivity index (χ3n) is 3.98. The van der Waals surface area contributed by atoms with Gasteiger partial charge in [0.2, 0.25) is 5.91 Å². The highest BCUT2D eigenvalue weighted by molar-refractivity contribution is 6.32. The van der Waals surface area contributed by atoms with E-state index < -0.39 is 5.38 Å². The van der Waals surface area contributed by atoms with E-state index in [9.17, 15) is 4.79 Å². The molecule has 0 aromatic heterocycles. The van der Waals surface area contributed by atoms with Crippen molar-refractivity contribution in [2.75, 3.05) is 12.0 Å². The van der Waals surface area contributed by atoms with Gasteiger partial charge in [0.1, 0.15) is 11.1 Å². The molecule has 3 nitrogen and oxygen atoms in total. The van der Waals surface area contributed by atoms with Crippen molar-refractivity contribution in [3.63, 3.8) is 0 Å². The molecule has 110 valence electrons. The minimum atomic E-state index is -0.530. The predicted octanol–water partition coefficient (Wildman–Crippen LogP) is 3.94. The van der Waals surface area contributed by atoms with Crippen molar-refractivity contribution in [3.8, 4) is 5.75 Å². The Morgan fingerprint density at radius 2 is 2.15 bits per heavy atom. The molecule has 0 spiro atoms. The van der Waals surface area contributed by atoms with Gasteiger partial charge >= 0.3 is 0 Å². The Hall–Kier alpha value is -1.22. The second-order valence-corrected chi connectivity index (χ2v) is 6.79. The van der Waals surface area contributed by atoms with Crippen LogP contribution in [0.15, 0.2) is 18.2 Å². The van der Waals surface area contributed by atoms with Gasteiger partial charge in [0.05, 0.1) is 7.11 Å². The van der Waals surface area contributed by atoms with Crippen molar-refractivity contribution < 1.29 is 9.53 Å². The van der Waals surface area contributed by atoms with Crippen molar-refractivity contribution >= 4 is 23.2 Å². The predicted molar refractivity (Wildman–Crippen MR) is 82.9 cm³/mol. The number of anilines is 1. The molecule has 1 amide bonds. The van der Waals surface area contributed by atoms with E-state index in [1.807, 2.05) is 23.1 Å². The van der Waals surface area contributed by atoms with Crippen molar-refractivity contribution in [2.24, 2.45) is 0 Å². The lowest BCUT2D eigenvalue weighted by Gasteiger charge is -2.46. The van der Waals surface area contributed by atoms with Gasteiger partial charge in [0.25, 0.3) is 0 Å². The number of hydrogen-bond acceptors (Lipinski definition) is 2. The topological polar surface area (TPSA) is 29.5 Å². The summed E-state index contributed by atoms with van der Waals surface area (Å²) in [6.45, 7) is 8.09. The molecular formula is C16H22ClNO2. The molecule has 2 atom stereocenters. The minimum Gasteiger partial charge on any atom is -0.497 e. The zero-order chi connectivity index (χ0) is 15.1. The van der Waals surface area contributed by atoms with Gasteiger partial charge in [-0.05, 0) is 56.9 Å². The van der Waals surface area contributed by atoms with Crippen LogP contribution in [0.3, 0.4) is 0 Å². The fourth-order valence-electron chi connectivity index (χ4n) is 3.13. The molecule has 1 heterocycles. The first-order valence-corrected chi connectivity index (χ1v) is 7.37. The van der Waals surface area contributed by atoms with E-state index >= 15 is 0 Å². The summed E-state index contributed by atoms with van der Waals surface area (Å²) in [5.74, 6) is 1.15. The van der Waals surface area contributed by atoms with Crippen LogP contribution < -0.4 is 9.64 Å². The molecule has 0 aliphatic carbocycles. The van der Waals surface area contributed by atoms with Crippen molar-refractivity contribution in [3.05, 3.63) is 23.8 Å². The molecule has 1 aliphatic rings. The van der Waals surface area contributed by atoms with E-state index in [1.165, 1.54) is 0 Å². The van der Waals surface area contributed by atoms with Crippen LogP contribution in [-0.4, -0.2) is 23.9 Å². The molecule has 4 heteroatoms. The number of methoxy groups -OCH3 is 1. The average Bonchev–Trinajstić information content (AvgIpc) is 2.37. The summed E-state index contributed by atoms with van der Waals surface area (Å²) in [6, 6.07) is 5.88. The Kier molecular flexibility index (Phi) is 4.01. The first kappa shape index (κ1) is 15.2. The first-order valence-electron chi connectivity index (χ1n) is 6.94. The summed E-state index contributed by atoms with van der Waals surface area (Å²) in [6.07, 6.45) is 0.905. The van der Waals surface area contributed by atoms with Gasteiger partial charge < -0.3 is 9.64 Å². The third kappa shape index (κ3) is 2.51. The number of carbonyl (C=O) groups excluding carboxylic acids is 1. The normalized spacial score (nSPS) is 22.1. The maximum absolute atomic E-state index is 12.5. The summed E-state index contributed by atoms with van der Waals surface area (Å²) in [5, 5.41) is -0.530. The lowest BCUT2D eigenvalue weighted by Crippen LogP contribution is -2.53. The van der Waals surface area contributed by atoms with Gasteiger partial charge in [-0.25, -0.2) is 0 Å². The van der Waals surface area contributed by atoms with E-state index in [0.717, 1.165) is 23.4 Å². The summed E-state index contributed by atoms with van der Waals surface area (Å²) in [4.78, 5) is 14.3. The molecule has 0 bridgehead atoms. The summed E-state index contributed by atoms with van der Waals surface area (Å²) in [7, 11) is 1.66. The highest BCUT2D eigenvalue weighted by Crippen LogP contribution is 2.45. The number of rotatable bonds is 2. The van der Waals surface area contributed by atoms with Crippen LogP contribution in [-0.2, 0) is 4.79 Å². The Labute approximate surface area is 125 Å². The molecule has 20 heavy (non-hydrogen) atoms. The van der Waals surface area contributed by atoms with Crippen molar-refractivity contribution in [2.45, 2.75) is 50.9 Å². The van der Waals surface area contributed by atoms with Gasteiger partial charge in [0.15, 0.2) is 0 Å². The number of carbonyl (C=O) groups is 1. The van der Waals surface area contributed by atoms with E-state index in [-0.39, 0.29) is 11.4 Å². The molecule has 1 aromatic rings. The fraction of sp³-hybridized carbons (Fsp3) is 0.562. The van der Waals surface area contributed by atoms with E-state index in [0.29, 0.717) is 5.92 Å². The number of hydrogen-bond donors (Lipinski definition) is 0. The van der Waals surface area contributed by atoms with Crippen LogP contribution in [0.5, 0.6) is 5.75 Å². The SMILES string of the molecule is COc1ccc2c(c1)C(C)CC(C)(C)N2C(=O)C(C)Cl. The third-order valence-corrected chi connectivity index (χ3v) is 4.16. The minimum absolute atomic E-state index is 0.0463. The lowest BCUT2D eigenvalue weighted by atomic mass is 9.80.